The highest BCUT2D eigenvalue weighted by Gasteiger charge is 2.13. The maximum absolute atomic E-state index is 10.5. The summed E-state index contributed by atoms with van der Waals surface area (Å²) in [5.74, 6) is 0. The standard InChI is InChI=1S/C5H4Cl2N3O2S/c1-13-5-8-3(6)2(10(11)12)4(7)9-5/h10H,1H3/q-1. The van der Waals surface area contributed by atoms with Crippen molar-refractivity contribution in [2.75, 3.05) is 6.26 Å². The molecule has 5 nitrogen and oxygen atoms in total. The molecule has 0 spiro atoms. The molecule has 1 aromatic heterocycles. The van der Waals surface area contributed by atoms with Crippen LogP contribution in [-0.4, -0.2) is 16.2 Å². The van der Waals surface area contributed by atoms with Crippen molar-refractivity contribution in [1.82, 2.24) is 9.97 Å². The summed E-state index contributed by atoms with van der Waals surface area (Å²) < 4.78 is 0. The molecule has 0 bridgehead atoms. The number of hydrogen-bond donors (Lipinski definition) is 1. The SMILES string of the molecule is CSc1nc(Cl)c([NH+]([O-])[O-])c(Cl)n1. The van der Waals surface area contributed by atoms with Gasteiger partial charge in [-0.05, 0) is 6.26 Å². The van der Waals surface area contributed by atoms with Crippen molar-refractivity contribution in [3.63, 3.8) is 0 Å². The van der Waals surface area contributed by atoms with Crippen LogP contribution in [0.4, 0.5) is 5.69 Å². The maximum Gasteiger partial charge on any atom is 0.206 e. The molecule has 0 aromatic carbocycles. The first-order valence-electron chi connectivity index (χ1n) is 3.04. The lowest BCUT2D eigenvalue weighted by atomic mass is 10.5. The molecule has 72 valence electrons. The summed E-state index contributed by atoms with van der Waals surface area (Å²) in [4.78, 5) is 7.37. The summed E-state index contributed by atoms with van der Waals surface area (Å²) in [6, 6.07) is 0. The van der Waals surface area contributed by atoms with Crippen molar-refractivity contribution in [3.8, 4) is 0 Å². The summed E-state index contributed by atoms with van der Waals surface area (Å²) in [7, 11) is 0. The van der Waals surface area contributed by atoms with Gasteiger partial charge in [-0.2, -0.15) is 0 Å². The minimum atomic E-state index is -1.48. The molecule has 13 heavy (non-hydrogen) atoms. The van der Waals surface area contributed by atoms with Crippen LogP contribution in [-0.2, 0) is 0 Å². The molecule has 0 amide bonds. The average molecular weight is 241 g/mol. The van der Waals surface area contributed by atoms with Crippen molar-refractivity contribution in [2.45, 2.75) is 5.16 Å². The molecule has 0 unspecified atom stereocenters. The first-order chi connectivity index (χ1) is 6.06. The molecule has 1 N–H and O–H groups in total. The van der Waals surface area contributed by atoms with Crippen LogP contribution in [0.2, 0.25) is 10.3 Å². The molecular weight excluding hydrogens is 237 g/mol. The summed E-state index contributed by atoms with van der Waals surface area (Å²) in [5, 5.41) is 19.4. The molecular formula is C5H4Cl2N3O2S-. The van der Waals surface area contributed by atoms with Gasteiger partial charge in [-0.1, -0.05) is 35.0 Å². The second-order valence-electron chi connectivity index (χ2n) is 1.95. The van der Waals surface area contributed by atoms with E-state index in [1.807, 2.05) is 0 Å². The Labute approximate surface area is 88.2 Å². The molecule has 8 heteroatoms. The highest BCUT2D eigenvalue weighted by atomic mass is 35.5. The van der Waals surface area contributed by atoms with Crippen LogP contribution in [0.25, 0.3) is 0 Å². The Morgan fingerprint density at radius 2 is 1.69 bits per heavy atom. The fraction of sp³-hybridized carbons (Fsp3) is 0.200. The zero-order valence-electron chi connectivity index (χ0n) is 6.38. The highest BCUT2D eigenvalue weighted by molar-refractivity contribution is 7.98. The molecule has 0 fully saturated rings. The minimum absolute atomic E-state index is 0.204. The van der Waals surface area contributed by atoms with E-state index in [1.165, 1.54) is 11.8 Å². The van der Waals surface area contributed by atoms with Crippen molar-refractivity contribution >= 4 is 40.7 Å². The molecule has 0 saturated carbocycles. The van der Waals surface area contributed by atoms with Gasteiger partial charge >= 0.3 is 0 Å². The Morgan fingerprint density at radius 1 is 1.23 bits per heavy atom. The third kappa shape index (κ3) is 2.43. The molecule has 1 rings (SSSR count). The first-order valence-corrected chi connectivity index (χ1v) is 5.02. The van der Waals surface area contributed by atoms with E-state index in [0.29, 0.717) is 5.16 Å². The normalized spacial score (nSPS) is 10.9. The number of nitrogens with one attached hydrogen (secondary N) is 1. The lowest BCUT2D eigenvalue weighted by Crippen LogP contribution is -2.96. The summed E-state index contributed by atoms with van der Waals surface area (Å²) in [6.07, 6.45) is 1.72. The Hall–Kier alpha value is -0.110. The number of halogens is 2. The predicted octanol–water partition coefficient (Wildman–Crippen LogP) is 1.02. The summed E-state index contributed by atoms with van der Waals surface area (Å²) in [5.41, 5.74) is -0.374. The fourth-order valence-corrected chi connectivity index (χ4v) is 1.66. The van der Waals surface area contributed by atoms with Crippen LogP contribution in [0, 0.1) is 10.4 Å². The topological polar surface area (TPSA) is 76.3 Å². The van der Waals surface area contributed by atoms with Crippen LogP contribution >= 0.6 is 35.0 Å². The molecule has 0 saturated heterocycles. The average Bonchev–Trinajstić information content (AvgIpc) is 2.02. The van der Waals surface area contributed by atoms with Crippen LogP contribution in [0.3, 0.4) is 0 Å². The zero-order chi connectivity index (χ0) is 10.0. The van der Waals surface area contributed by atoms with Gasteiger partial charge in [0.1, 0.15) is 0 Å². The van der Waals surface area contributed by atoms with Crippen molar-refractivity contribution in [2.24, 2.45) is 0 Å². The van der Waals surface area contributed by atoms with E-state index < -0.39 is 5.23 Å². The van der Waals surface area contributed by atoms with Crippen LogP contribution < -0.4 is 5.23 Å². The van der Waals surface area contributed by atoms with E-state index in [-0.39, 0.29) is 16.0 Å². The van der Waals surface area contributed by atoms with Crippen molar-refractivity contribution in [1.29, 1.82) is 0 Å². The molecule has 0 aliphatic rings. The van der Waals surface area contributed by atoms with E-state index >= 15 is 0 Å². The molecule has 0 atom stereocenters. The van der Waals surface area contributed by atoms with Gasteiger partial charge in [0.2, 0.25) is 5.69 Å². The number of nitrogens with zero attached hydrogens (tertiary/aromatic N) is 2. The Morgan fingerprint density at radius 3 is 2.00 bits per heavy atom. The number of quaternary nitrogens is 1. The number of thioether (sulfide) groups is 1. The minimum Gasteiger partial charge on any atom is -0.627 e. The lowest BCUT2D eigenvalue weighted by Gasteiger charge is -2.25. The molecule has 0 aliphatic heterocycles. The predicted molar refractivity (Wildman–Crippen MR) is 51.2 cm³/mol. The van der Waals surface area contributed by atoms with Gasteiger partial charge in [-0.3, -0.25) is 0 Å². The van der Waals surface area contributed by atoms with Crippen LogP contribution in [0.15, 0.2) is 5.16 Å². The highest BCUT2D eigenvalue weighted by Crippen LogP contribution is 2.25. The zero-order valence-corrected chi connectivity index (χ0v) is 8.70. The van der Waals surface area contributed by atoms with Crippen LogP contribution in [0.5, 0.6) is 0 Å². The Bertz CT molecular complexity index is 300. The van der Waals surface area contributed by atoms with Crippen molar-refractivity contribution < 1.29 is 5.23 Å². The molecule has 0 radical (unpaired) electrons. The largest absolute Gasteiger partial charge is 0.627 e. The quantitative estimate of drug-likeness (QED) is 0.362. The lowest BCUT2D eigenvalue weighted by molar-refractivity contribution is -0.715. The monoisotopic (exact) mass is 240 g/mol. The third-order valence-corrected chi connectivity index (χ3v) is 2.28. The number of rotatable bonds is 2. The Balaban J connectivity index is 3.23. The molecule has 1 heterocycles. The molecule has 1 aromatic rings. The third-order valence-electron chi connectivity index (χ3n) is 1.19. The van der Waals surface area contributed by atoms with E-state index in [4.69, 9.17) is 23.2 Å². The molecule has 0 aliphatic carbocycles. The maximum atomic E-state index is 10.5. The second kappa shape index (κ2) is 4.41. The fourth-order valence-electron chi connectivity index (χ4n) is 0.650. The van der Waals surface area contributed by atoms with Gasteiger partial charge in [-0.15, -0.1) is 0 Å². The van der Waals surface area contributed by atoms with E-state index in [2.05, 4.69) is 9.97 Å². The van der Waals surface area contributed by atoms with Gasteiger partial charge in [-0.25, -0.2) is 9.97 Å². The first kappa shape index (κ1) is 11.0. The van der Waals surface area contributed by atoms with E-state index in [1.54, 1.807) is 6.26 Å². The summed E-state index contributed by atoms with van der Waals surface area (Å²) >= 11 is 12.3. The number of hydrogen-bond acceptors (Lipinski definition) is 5. The van der Waals surface area contributed by atoms with Gasteiger partial charge in [0.05, 0.1) is 0 Å². The van der Waals surface area contributed by atoms with E-state index in [9.17, 15) is 10.4 Å². The number of aromatic nitrogens is 2. The van der Waals surface area contributed by atoms with E-state index in [0.717, 1.165) is 0 Å². The van der Waals surface area contributed by atoms with Gasteiger partial charge in [0, 0.05) is 0 Å². The Kier molecular flexibility index (Phi) is 3.72. The smallest absolute Gasteiger partial charge is 0.206 e. The van der Waals surface area contributed by atoms with Crippen LogP contribution in [0.1, 0.15) is 0 Å². The second-order valence-corrected chi connectivity index (χ2v) is 3.44. The van der Waals surface area contributed by atoms with Gasteiger partial charge < -0.3 is 15.6 Å². The van der Waals surface area contributed by atoms with Gasteiger partial charge in [0.15, 0.2) is 15.5 Å². The van der Waals surface area contributed by atoms with Crippen molar-refractivity contribution in [3.05, 3.63) is 20.7 Å². The summed E-state index contributed by atoms with van der Waals surface area (Å²) in [6.45, 7) is 0. The van der Waals surface area contributed by atoms with Gasteiger partial charge in [0.25, 0.3) is 0 Å².